The predicted octanol–water partition coefficient (Wildman–Crippen LogP) is 4.49. The second-order valence-electron chi connectivity index (χ2n) is 7.76. The molecular weight excluding hydrogens is 424 g/mol. The molecule has 0 saturated carbocycles. The zero-order valence-electron chi connectivity index (χ0n) is 17.4. The summed E-state index contributed by atoms with van der Waals surface area (Å²) >= 11 is 0. The largest absolute Gasteiger partial charge is 0.278 e. The zero-order valence-corrected chi connectivity index (χ0v) is 18.3. The van der Waals surface area contributed by atoms with Crippen LogP contribution in [-0.2, 0) is 10.0 Å². The highest BCUT2D eigenvalue weighted by Crippen LogP contribution is 2.38. The lowest BCUT2D eigenvalue weighted by atomic mass is 9.90. The van der Waals surface area contributed by atoms with Gasteiger partial charge in [-0.25, -0.2) is 18.4 Å². The number of fused-ring (bicyclic) bond motifs is 2. The summed E-state index contributed by atoms with van der Waals surface area (Å²) in [5, 5.41) is 9.85. The first-order valence-corrected chi connectivity index (χ1v) is 11.6. The number of pyridine rings is 1. The van der Waals surface area contributed by atoms with Gasteiger partial charge in [0.15, 0.2) is 0 Å². The maximum absolute atomic E-state index is 12.9. The fourth-order valence-electron chi connectivity index (χ4n) is 3.85. The Balaban J connectivity index is 1.66. The van der Waals surface area contributed by atoms with Crippen LogP contribution in [-0.4, -0.2) is 33.6 Å². The molecule has 9 heteroatoms. The van der Waals surface area contributed by atoms with Crippen molar-refractivity contribution < 1.29 is 8.42 Å². The summed E-state index contributed by atoms with van der Waals surface area (Å²) in [6.07, 6.45) is 6.28. The van der Waals surface area contributed by atoms with E-state index in [2.05, 4.69) is 49.8 Å². The monoisotopic (exact) mass is 444 g/mol. The van der Waals surface area contributed by atoms with E-state index >= 15 is 0 Å². The molecule has 0 bridgehead atoms. The highest BCUT2D eigenvalue weighted by Gasteiger charge is 2.19. The molecule has 160 valence electrons. The Morgan fingerprint density at radius 3 is 2.62 bits per heavy atom. The number of nitrogens with zero attached hydrogens (tertiary/aromatic N) is 4. The van der Waals surface area contributed by atoms with Crippen LogP contribution in [0.15, 0.2) is 72.3 Å². The summed E-state index contributed by atoms with van der Waals surface area (Å²) in [7, 11) is -3.81. The van der Waals surface area contributed by atoms with Crippen molar-refractivity contribution >= 4 is 37.5 Å². The van der Waals surface area contributed by atoms with E-state index < -0.39 is 10.0 Å². The Morgan fingerprint density at radius 2 is 1.84 bits per heavy atom. The number of rotatable bonds is 5. The summed E-state index contributed by atoms with van der Waals surface area (Å²) < 4.78 is 28.3. The van der Waals surface area contributed by atoms with Crippen molar-refractivity contribution in [3.63, 3.8) is 0 Å². The minimum absolute atomic E-state index is 0.145. The van der Waals surface area contributed by atoms with E-state index in [4.69, 9.17) is 0 Å². The Morgan fingerprint density at radius 1 is 0.969 bits per heavy atom. The van der Waals surface area contributed by atoms with Crippen molar-refractivity contribution in [2.45, 2.75) is 24.7 Å². The molecule has 2 N–H and O–H groups in total. The fourth-order valence-corrected chi connectivity index (χ4v) is 4.89. The second-order valence-corrected chi connectivity index (χ2v) is 9.44. The first-order chi connectivity index (χ1) is 15.4. The van der Waals surface area contributed by atoms with Gasteiger partial charge in [-0.1, -0.05) is 26.0 Å². The van der Waals surface area contributed by atoms with Crippen molar-refractivity contribution in [1.29, 1.82) is 0 Å². The number of aromatic nitrogens is 5. The Kier molecular flexibility index (Phi) is 4.82. The van der Waals surface area contributed by atoms with Crippen LogP contribution in [0.2, 0.25) is 0 Å². The molecule has 5 aromatic rings. The maximum Gasteiger partial charge on any atom is 0.263 e. The number of hydrogen-bond acceptors (Lipinski definition) is 6. The molecule has 8 nitrogen and oxygen atoms in total. The van der Waals surface area contributed by atoms with Gasteiger partial charge in [-0.3, -0.25) is 14.8 Å². The number of aromatic amines is 1. The molecule has 0 radical (unpaired) electrons. The molecule has 0 aliphatic heterocycles. The van der Waals surface area contributed by atoms with Crippen molar-refractivity contribution in [3.05, 3.63) is 72.9 Å². The first-order valence-electron chi connectivity index (χ1n) is 10.1. The molecule has 2 aromatic carbocycles. The normalized spacial score (nSPS) is 12.0. The number of benzene rings is 2. The maximum atomic E-state index is 12.9. The highest BCUT2D eigenvalue weighted by atomic mass is 32.2. The standard InChI is InChI=1S/C23H20N6O2S/c1-14(2)17-5-6-20-19(12-27-28-20)22(17)23-18-4-3-16(11-15(18)7-10-25-23)32(30,31)29-21-8-9-24-13-26-21/h3-14H,1-2H3,(H,27,28)(H,24,26,29). The molecule has 0 saturated heterocycles. The molecule has 0 spiro atoms. The number of anilines is 1. The van der Waals surface area contributed by atoms with Crippen LogP contribution >= 0.6 is 0 Å². The summed E-state index contributed by atoms with van der Waals surface area (Å²) in [5.74, 6) is 0.488. The van der Waals surface area contributed by atoms with Crippen molar-refractivity contribution in [3.8, 4) is 11.3 Å². The Labute approximate surface area is 184 Å². The van der Waals surface area contributed by atoms with Gasteiger partial charge < -0.3 is 0 Å². The van der Waals surface area contributed by atoms with Gasteiger partial charge in [0.05, 0.1) is 22.3 Å². The third-order valence-corrected chi connectivity index (χ3v) is 6.73. The summed E-state index contributed by atoms with van der Waals surface area (Å²) in [4.78, 5) is 12.6. The zero-order chi connectivity index (χ0) is 22.3. The van der Waals surface area contributed by atoms with Gasteiger partial charge in [-0.05, 0) is 47.2 Å². The lowest BCUT2D eigenvalue weighted by Gasteiger charge is -2.16. The van der Waals surface area contributed by atoms with E-state index in [0.717, 1.165) is 38.5 Å². The van der Waals surface area contributed by atoms with Gasteiger partial charge in [0.2, 0.25) is 0 Å². The minimum atomic E-state index is -3.81. The Bertz CT molecular complexity index is 1550. The lowest BCUT2D eigenvalue weighted by Crippen LogP contribution is -2.13. The van der Waals surface area contributed by atoms with E-state index in [1.807, 2.05) is 18.3 Å². The molecule has 3 heterocycles. The van der Waals surface area contributed by atoms with Crippen LogP contribution in [0.5, 0.6) is 0 Å². The number of sulfonamides is 1. The van der Waals surface area contributed by atoms with Gasteiger partial charge in [0.25, 0.3) is 10.0 Å². The lowest BCUT2D eigenvalue weighted by molar-refractivity contribution is 0.601. The number of H-pyrrole nitrogens is 1. The first kappa shape index (κ1) is 20.1. The van der Waals surface area contributed by atoms with E-state index in [1.165, 1.54) is 18.6 Å². The van der Waals surface area contributed by atoms with Crippen molar-refractivity contribution in [1.82, 2.24) is 25.1 Å². The van der Waals surface area contributed by atoms with E-state index in [1.54, 1.807) is 24.4 Å². The molecule has 0 unspecified atom stereocenters. The minimum Gasteiger partial charge on any atom is -0.278 e. The van der Waals surface area contributed by atoms with Crippen LogP contribution in [0.25, 0.3) is 32.9 Å². The quantitative estimate of drug-likeness (QED) is 0.413. The summed E-state index contributed by atoms with van der Waals surface area (Å²) in [5.41, 5.74) is 3.88. The Hall–Kier alpha value is -3.85. The second kappa shape index (κ2) is 7.69. The van der Waals surface area contributed by atoms with Crippen LogP contribution < -0.4 is 4.72 Å². The number of hydrogen-bond donors (Lipinski definition) is 2. The molecule has 0 aliphatic rings. The molecular formula is C23H20N6O2S. The molecule has 3 aromatic heterocycles. The predicted molar refractivity (Wildman–Crippen MR) is 124 cm³/mol. The van der Waals surface area contributed by atoms with Gasteiger partial charge in [0.1, 0.15) is 12.1 Å². The fraction of sp³-hybridized carbons (Fsp3) is 0.130. The third kappa shape index (κ3) is 3.46. The van der Waals surface area contributed by atoms with E-state index in [0.29, 0.717) is 0 Å². The van der Waals surface area contributed by atoms with Gasteiger partial charge >= 0.3 is 0 Å². The molecule has 5 rings (SSSR count). The van der Waals surface area contributed by atoms with Gasteiger partial charge in [-0.2, -0.15) is 5.10 Å². The highest BCUT2D eigenvalue weighted by molar-refractivity contribution is 7.92. The van der Waals surface area contributed by atoms with Crippen molar-refractivity contribution in [2.75, 3.05) is 4.72 Å². The molecule has 0 atom stereocenters. The average Bonchev–Trinajstić information content (AvgIpc) is 3.27. The van der Waals surface area contributed by atoms with Crippen LogP contribution in [0.4, 0.5) is 5.82 Å². The summed E-state index contributed by atoms with van der Waals surface area (Å²) in [6, 6.07) is 12.5. The van der Waals surface area contributed by atoms with Crippen LogP contribution in [0, 0.1) is 0 Å². The van der Waals surface area contributed by atoms with Gasteiger partial charge in [0, 0.05) is 28.7 Å². The number of nitrogens with one attached hydrogen (secondary N) is 2. The smallest absolute Gasteiger partial charge is 0.263 e. The van der Waals surface area contributed by atoms with Gasteiger partial charge in [-0.15, -0.1) is 0 Å². The molecule has 0 fully saturated rings. The summed E-state index contributed by atoms with van der Waals surface area (Å²) in [6.45, 7) is 4.28. The van der Waals surface area contributed by atoms with E-state index in [9.17, 15) is 8.42 Å². The molecule has 0 amide bonds. The molecule has 0 aliphatic carbocycles. The SMILES string of the molecule is CC(C)c1ccc2[nH]ncc2c1-c1nccc2cc(S(=O)(=O)Nc3ccncn3)ccc12. The molecule has 32 heavy (non-hydrogen) atoms. The van der Waals surface area contributed by atoms with Crippen LogP contribution in [0.3, 0.4) is 0 Å². The average molecular weight is 445 g/mol. The van der Waals surface area contributed by atoms with E-state index in [-0.39, 0.29) is 16.6 Å². The van der Waals surface area contributed by atoms with Crippen LogP contribution in [0.1, 0.15) is 25.3 Å². The third-order valence-electron chi connectivity index (χ3n) is 5.38. The van der Waals surface area contributed by atoms with Crippen molar-refractivity contribution in [2.24, 2.45) is 0 Å². The topological polar surface area (TPSA) is 114 Å².